The second kappa shape index (κ2) is 5.09. The molecule has 1 aromatic carbocycles. The molecular weight excluding hydrogens is 224 g/mol. The SMILES string of the molecule is Cc1cc(C)c(N=C=S)c(SC#N)c1C. The summed E-state index contributed by atoms with van der Waals surface area (Å²) in [7, 11) is 0. The van der Waals surface area contributed by atoms with E-state index in [1.807, 2.05) is 26.8 Å². The third kappa shape index (κ3) is 2.45. The molecule has 0 saturated heterocycles. The monoisotopic (exact) mass is 234 g/mol. The van der Waals surface area contributed by atoms with Crippen molar-refractivity contribution in [2.45, 2.75) is 25.7 Å². The van der Waals surface area contributed by atoms with E-state index >= 15 is 0 Å². The van der Waals surface area contributed by atoms with Crippen LogP contribution in [0.15, 0.2) is 16.0 Å². The molecule has 0 bridgehead atoms. The van der Waals surface area contributed by atoms with Gasteiger partial charge >= 0.3 is 0 Å². The van der Waals surface area contributed by atoms with Gasteiger partial charge in [0.2, 0.25) is 0 Å². The minimum Gasteiger partial charge on any atom is -0.193 e. The lowest BCUT2D eigenvalue weighted by molar-refractivity contribution is 1.18. The van der Waals surface area contributed by atoms with Crippen LogP contribution in [-0.4, -0.2) is 5.16 Å². The molecule has 15 heavy (non-hydrogen) atoms. The Morgan fingerprint density at radius 1 is 1.33 bits per heavy atom. The van der Waals surface area contributed by atoms with E-state index in [0.717, 1.165) is 39.0 Å². The molecule has 1 rings (SSSR count). The zero-order valence-electron chi connectivity index (χ0n) is 8.79. The summed E-state index contributed by atoms with van der Waals surface area (Å²) < 4.78 is 0. The second-order valence-electron chi connectivity index (χ2n) is 3.21. The molecule has 1 aromatic rings. The zero-order valence-corrected chi connectivity index (χ0v) is 10.4. The first kappa shape index (κ1) is 11.9. The van der Waals surface area contributed by atoms with Crippen molar-refractivity contribution in [3.05, 3.63) is 22.8 Å². The van der Waals surface area contributed by atoms with E-state index in [9.17, 15) is 0 Å². The predicted molar refractivity (Wildman–Crippen MR) is 66.8 cm³/mol. The smallest absolute Gasteiger partial charge is 0.138 e. The number of benzene rings is 1. The highest BCUT2D eigenvalue weighted by Crippen LogP contribution is 2.36. The molecule has 0 amide bonds. The van der Waals surface area contributed by atoms with E-state index < -0.39 is 0 Å². The van der Waals surface area contributed by atoms with Gasteiger partial charge in [-0.3, -0.25) is 0 Å². The first-order valence-corrected chi connectivity index (χ1v) is 5.59. The van der Waals surface area contributed by atoms with Crippen molar-refractivity contribution in [1.82, 2.24) is 0 Å². The maximum Gasteiger partial charge on any atom is 0.138 e. The number of nitrogens with zero attached hydrogens (tertiary/aromatic N) is 2. The van der Waals surface area contributed by atoms with Crippen LogP contribution in [0.5, 0.6) is 0 Å². The number of rotatable bonds is 2. The van der Waals surface area contributed by atoms with Crippen molar-refractivity contribution in [3.8, 4) is 5.40 Å². The van der Waals surface area contributed by atoms with E-state index in [-0.39, 0.29) is 0 Å². The van der Waals surface area contributed by atoms with Gasteiger partial charge in [-0.25, -0.2) is 0 Å². The van der Waals surface area contributed by atoms with Crippen molar-refractivity contribution >= 4 is 34.8 Å². The molecule has 0 fully saturated rings. The maximum absolute atomic E-state index is 8.74. The Labute approximate surface area is 99.0 Å². The first-order chi connectivity index (χ1) is 7.11. The Morgan fingerprint density at radius 3 is 2.53 bits per heavy atom. The lowest BCUT2D eigenvalue weighted by Crippen LogP contribution is -1.88. The van der Waals surface area contributed by atoms with E-state index in [0.29, 0.717) is 0 Å². The van der Waals surface area contributed by atoms with Crippen molar-refractivity contribution in [1.29, 1.82) is 5.26 Å². The molecule has 2 nitrogen and oxygen atoms in total. The molecule has 0 aliphatic rings. The van der Waals surface area contributed by atoms with Gasteiger partial charge in [-0.2, -0.15) is 10.3 Å². The normalized spacial score (nSPS) is 9.20. The molecule has 0 spiro atoms. The van der Waals surface area contributed by atoms with Gasteiger partial charge in [0.15, 0.2) is 0 Å². The quantitative estimate of drug-likeness (QED) is 0.337. The highest BCUT2D eigenvalue weighted by atomic mass is 32.2. The average molecular weight is 234 g/mol. The molecule has 0 aliphatic heterocycles. The Hall–Kier alpha value is -1.14. The summed E-state index contributed by atoms with van der Waals surface area (Å²) >= 11 is 5.73. The van der Waals surface area contributed by atoms with Gasteiger partial charge in [0.25, 0.3) is 0 Å². The molecule has 0 aliphatic carbocycles. The summed E-state index contributed by atoms with van der Waals surface area (Å²) in [5, 5.41) is 13.2. The van der Waals surface area contributed by atoms with Gasteiger partial charge < -0.3 is 0 Å². The molecule has 0 unspecified atom stereocenters. The van der Waals surface area contributed by atoms with Gasteiger partial charge in [0, 0.05) is 0 Å². The maximum atomic E-state index is 8.74. The van der Waals surface area contributed by atoms with Gasteiger partial charge in [-0.15, -0.1) is 0 Å². The number of thioether (sulfide) groups is 1. The Morgan fingerprint density at radius 2 is 2.00 bits per heavy atom. The number of aliphatic imine (C=N–C) groups is 1. The molecule has 0 aromatic heterocycles. The van der Waals surface area contributed by atoms with Crippen LogP contribution in [0.2, 0.25) is 0 Å². The summed E-state index contributed by atoms with van der Waals surface area (Å²) in [6.45, 7) is 5.96. The third-order valence-corrected chi connectivity index (χ3v) is 3.15. The molecular formula is C11H10N2S2. The minimum absolute atomic E-state index is 0.764. The fourth-order valence-corrected chi connectivity index (χ4v) is 2.19. The van der Waals surface area contributed by atoms with Crippen molar-refractivity contribution < 1.29 is 0 Å². The lowest BCUT2D eigenvalue weighted by Gasteiger charge is -2.10. The zero-order chi connectivity index (χ0) is 11.4. The molecule has 0 radical (unpaired) electrons. The molecule has 0 heterocycles. The van der Waals surface area contributed by atoms with Gasteiger partial charge in [-0.05, 0) is 61.4 Å². The van der Waals surface area contributed by atoms with E-state index in [2.05, 4.69) is 27.8 Å². The molecule has 0 saturated carbocycles. The van der Waals surface area contributed by atoms with Gasteiger partial charge in [-0.1, -0.05) is 6.07 Å². The van der Waals surface area contributed by atoms with Crippen molar-refractivity contribution in [3.63, 3.8) is 0 Å². The number of hydrogen-bond donors (Lipinski definition) is 0. The van der Waals surface area contributed by atoms with Crippen LogP contribution in [0.3, 0.4) is 0 Å². The molecule has 76 valence electrons. The van der Waals surface area contributed by atoms with Crippen LogP contribution in [0.4, 0.5) is 5.69 Å². The topological polar surface area (TPSA) is 36.1 Å². The van der Waals surface area contributed by atoms with Crippen LogP contribution in [0.25, 0.3) is 0 Å². The number of aryl methyl sites for hydroxylation is 2. The second-order valence-corrected chi connectivity index (χ2v) is 4.19. The van der Waals surface area contributed by atoms with E-state index in [1.54, 1.807) is 0 Å². The van der Waals surface area contributed by atoms with Crippen LogP contribution in [0.1, 0.15) is 16.7 Å². The Bertz CT molecular complexity index is 480. The highest BCUT2D eigenvalue weighted by Gasteiger charge is 2.11. The number of hydrogen-bond acceptors (Lipinski definition) is 4. The Balaban J connectivity index is 3.54. The van der Waals surface area contributed by atoms with Crippen molar-refractivity contribution in [2.24, 2.45) is 4.99 Å². The number of thiocarbonyl (C=S) groups is 1. The third-order valence-electron chi connectivity index (χ3n) is 2.26. The molecule has 0 atom stereocenters. The number of nitriles is 1. The molecule has 4 heteroatoms. The minimum atomic E-state index is 0.764. The average Bonchev–Trinajstić information content (AvgIpc) is 2.20. The van der Waals surface area contributed by atoms with E-state index in [4.69, 9.17) is 5.26 Å². The van der Waals surface area contributed by atoms with Gasteiger partial charge in [0.1, 0.15) is 5.40 Å². The number of isothiocyanates is 1. The Kier molecular flexibility index (Phi) is 4.05. The highest BCUT2D eigenvalue weighted by molar-refractivity contribution is 8.04. The molecule has 0 N–H and O–H groups in total. The first-order valence-electron chi connectivity index (χ1n) is 4.36. The fourth-order valence-electron chi connectivity index (χ4n) is 1.39. The number of thiocyanates is 1. The van der Waals surface area contributed by atoms with Crippen LogP contribution < -0.4 is 0 Å². The fraction of sp³-hybridized carbons (Fsp3) is 0.273. The summed E-state index contributed by atoms with van der Waals surface area (Å²) in [5.41, 5.74) is 4.03. The summed E-state index contributed by atoms with van der Waals surface area (Å²) in [6, 6.07) is 2.04. The standard InChI is InChI=1S/C11H10N2S2/c1-7-4-8(2)10(13-6-14)11(9(7)3)15-5-12/h4H,1-3H3. The van der Waals surface area contributed by atoms with E-state index in [1.165, 1.54) is 0 Å². The van der Waals surface area contributed by atoms with Crippen LogP contribution >= 0.6 is 24.0 Å². The summed E-state index contributed by atoms with van der Waals surface area (Å²) in [5.74, 6) is 0. The predicted octanol–water partition coefficient (Wildman–Crippen LogP) is 3.92. The summed E-state index contributed by atoms with van der Waals surface area (Å²) in [6.07, 6.45) is 0. The van der Waals surface area contributed by atoms with Crippen molar-refractivity contribution in [2.75, 3.05) is 0 Å². The summed E-state index contributed by atoms with van der Waals surface area (Å²) in [4.78, 5) is 4.90. The largest absolute Gasteiger partial charge is 0.193 e. The van der Waals surface area contributed by atoms with Crippen LogP contribution in [0, 0.1) is 31.4 Å². The van der Waals surface area contributed by atoms with Gasteiger partial charge in [0.05, 0.1) is 15.7 Å². The van der Waals surface area contributed by atoms with Crippen LogP contribution in [-0.2, 0) is 0 Å². The lowest BCUT2D eigenvalue weighted by atomic mass is 10.1.